The number of carbonyl (C=O) groups is 3. The average Bonchev–Trinajstić information content (AvgIpc) is 2.93. The zero-order chi connectivity index (χ0) is 18.7. The first kappa shape index (κ1) is 17.6. The molecule has 0 saturated heterocycles. The van der Waals surface area contributed by atoms with Crippen molar-refractivity contribution in [3.63, 3.8) is 0 Å². The number of carboxylic acids is 1. The quantitative estimate of drug-likeness (QED) is 0.625. The molecule has 0 aliphatic heterocycles. The lowest BCUT2D eigenvalue weighted by Crippen LogP contribution is -2.28. The lowest BCUT2D eigenvalue weighted by atomic mass is 9.98. The van der Waals surface area contributed by atoms with Crippen LogP contribution in [0.2, 0.25) is 0 Å². The Morgan fingerprint density at radius 1 is 0.962 bits per heavy atom. The van der Waals surface area contributed by atoms with Crippen molar-refractivity contribution in [2.45, 2.75) is 18.4 Å². The van der Waals surface area contributed by atoms with Crippen LogP contribution >= 0.6 is 0 Å². The number of esters is 1. The highest BCUT2D eigenvalue weighted by atomic mass is 16.7. The molecule has 0 saturated carbocycles. The van der Waals surface area contributed by atoms with Crippen LogP contribution in [0.1, 0.15) is 23.5 Å². The number of rotatable bonds is 5. The normalized spacial score (nSPS) is 13.4. The Hall–Kier alpha value is -3.19. The molecule has 0 fully saturated rings. The molecule has 26 heavy (non-hydrogen) atoms. The van der Waals surface area contributed by atoms with Crippen LogP contribution in [0.5, 0.6) is 0 Å². The number of hydrogen-bond donors (Lipinski definition) is 2. The molecule has 1 aliphatic carbocycles. The molecule has 0 amide bonds. The van der Waals surface area contributed by atoms with Gasteiger partial charge in [0, 0.05) is 5.92 Å². The molecule has 7 nitrogen and oxygen atoms in total. The van der Waals surface area contributed by atoms with Crippen molar-refractivity contribution < 1.29 is 34.1 Å². The summed E-state index contributed by atoms with van der Waals surface area (Å²) in [5, 5.41) is 17.8. The average molecular weight is 356 g/mol. The lowest BCUT2D eigenvalue weighted by molar-refractivity contribution is -0.155. The van der Waals surface area contributed by atoms with Gasteiger partial charge in [-0.2, -0.15) is 0 Å². The lowest BCUT2D eigenvalue weighted by Gasteiger charge is -2.14. The van der Waals surface area contributed by atoms with E-state index in [1.54, 1.807) is 0 Å². The standard InChI is InChI=1S/C19H16O7/c20-16(9-17(21)22)18(23)26-19(24)25-10-15-13-7-3-1-5-11(13)12-6-2-4-8-14(12)15/h1-8,15-16,20H,9-10H2,(H,21,22). The maximum Gasteiger partial charge on any atom is 0.516 e. The number of aliphatic carboxylic acids is 1. The van der Waals surface area contributed by atoms with Crippen LogP contribution in [0.25, 0.3) is 11.1 Å². The predicted molar refractivity (Wildman–Crippen MR) is 89.4 cm³/mol. The smallest absolute Gasteiger partial charge is 0.481 e. The Bertz CT molecular complexity index is 813. The summed E-state index contributed by atoms with van der Waals surface area (Å²) >= 11 is 0. The van der Waals surface area contributed by atoms with Gasteiger partial charge >= 0.3 is 18.1 Å². The van der Waals surface area contributed by atoms with Crippen LogP contribution in [0.15, 0.2) is 48.5 Å². The van der Waals surface area contributed by atoms with Gasteiger partial charge in [-0.15, -0.1) is 0 Å². The van der Waals surface area contributed by atoms with E-state index in [0.29, 0.717) is 0 Å². The second kappa shape index (κ2) is 7.37. The van der Waals surface area contributed by atoms with Crippen molar-refractivity contribution in [2.75, 3.05) is 6.61 Å². The summed E-state index contributed by atoms with van der Waals surface area (Å²) < 4.78 is 9.36. The third-order valence-corrected chi connectivity index (χ3v) is 4.15. The second-order valence-corrected chi connectivity index (χ2v) is 5.82. The van der Waals surface area contributed by atoms with Gasteiger partial charge in [0.2, 0.25) is 0 Å². The molecule has 0 spiro atoms. The highest BCUT2D eigenvalue weighted by molar-refractivity contribution is 5.87. The summed E-state index contributed by atoms with van der Waals surface area (Å²) in [5.41, 5.74) is 4.11. The highest BCUT2D eigenvalue weighted by Gasteiger charge is 2.30. The van der Waals surface area contributed by atoms with Crippen LogP contribution in [-0.4, -0.2) is 41.0 Å². The number of ether oxygens (including phenoxy) is 2. The summed E-state index contributed by atoms with van der Waals surface area (Å²) in [6.45, 7) is -0.0465. The highest BCUT2D eigenvalue weighted by Crippen LogP contribution is 2.44. The van der Waals surface area contributed by atoms with Crippen molar-refractivity contribution in [1.82, 2.24) is 0 Å². The SMILES string of the molecule is O=C(O)CC(O)C(=O)OC(=O)OCC1c2ccccc2-c2ccccc21. The molecule has 0 aromatic heterocycles. The van der Waals surface area contributed by atoms with Crippen molar-refractivity contribution >= 4 is 18.1 Å². The molecule has 0 bridgehead atoms. The largest absolute Gasteiger partial charge is 0.516 e. The van der Waals surface area contributed by atoms with Gasteiger partial charge in [0.05, 0.1) is 6.42 Å². The van der Waals surface area contributed by atoms with Gasteiger partial charge in [0.15, 0.2) is 6.10 Å². The molecule has 1 unspecified atom stereocenters. The number of carbonyl (C=O) groups excluding carboxylic acids is 2. The minimum Gasteiger partial charge on any atom is -0.481 e. The molecule has 3 rings (SSSR count). The minimum atomic E-state index is -1.92. The van der Waals surface area contributed by atoms with E-state index in [9.17, 15) is 19.5 Å². The van der Waals surface area contributed by atoms with Gasteiger partial charge in [-0.3, -0.25) is 4.79 Å². The Balaban J connectivity index is 1.66. The third kappa shape index (κ3) is 3.57. The minimum absolute atomic E-state index is 0.0465. The molecule has 2 aromatic carbocycles. The van der Waals surface area contributed by atoms with Gasteiger partial charge < -0.3 is 19.7 Å². The van der Waals surface area contributed by atoms with E-state index < -0.39 is 30.6 Å². The molecule has 0 radical (unpaired) electrons. The van der Waals surface area contributed by atoms with Crippen molar-refractivity contribution in [3.8, 4) is 11.1 Å². The molecule has 0 heterocycles. The van der Waals surface area contributed by atoms with Crippen LogP contribution in [0.4, 0.5) is 4.79 Å². The van der Waals surface area contributed by atoms with Gasteiger partial charge in [-0.25, -0.2) is 9.59 Å². The molecule has 134 valence electrons. The molecule has 1 aliphatic rings. The molecule has 2 N–H and O–H groups in total. The van der Waals surface area contributed by atoms with E-state index in [-0.39, 0.29) is 12.5 Å². The summed E-state index contributed by atoms with van der Waals surface area (Å²) in [7, 11) is 0. The van der Waals surface area contributed by atoms with E-state index in [1.165, 1.54) is 0 Å². The Morgan fingerprint density at radius 3 is 2.04 bits per heavy atom. The molecule has 1 atom stereocenters. The maximum absolute atomic E-state index is 11.7. The monoisotopic (exact) mass is 356 g/mol. The molecular formula is C19H16O7. The fourth-order valence-electron chi connectivity index (χ4n) is 3.02. The summed E-state index contributed by atoms with van der Waals surface area (Å²) in [4.78, 5) is 33.6. The fourth-order valence-corrected chi connectivity index (χ4v) is 3.02. The van der Waals surface area contributed by atoms with E-state index in [2.05, 4.69) is 4.74 Å². The molecular weight excluding hydrogens is 340 g/mol. The maximum atomic E-state index is 11.7. The predicted octanol–water partition coefficient (Wildman–Crippen LogP) is 2.31. The Morgan fingerprint density at radius 2 is 1.50 bits per heavy atom. The van der Waals surface area contributed by atoms with Crippen LogP contribution in [-0.2, 0) is 19.1 Å². The van der Waals surface area contributed by atoms with Crippen LogP contribution in [0, 0.1) is 0 Å². The number of fused-ring (bicyclic) bond motifs is 3. The molecule has 7 heteroatoms. The number of benzene rings is 2. The number of aliphatic hydroxyl groups excluding tert-OH is 1. The van der Waals surface area contributed by atoms with Gasteiger partial charge in [0.25, 0.3) is 0 Å². The van der Waals surface area contributed by atoms with Crippen molar-refractivity contribution in [1.29, 1.82) is 0 Å². The van der Waals surface area contributed by atoms with Crippen molar-refractivity contribution in [3.05, 3.63) is 59.7 Å². The second-order valence-electron chi connectivity index (χ2n) is 5.82. The van der Waals surface area contributed by atoms with Crippen LogP contribution < -0.4 is 0 Å². The van der Waals surface area contributed by atoms with E-state index in [1.807, 2.05) is 48.5 Å². The summed E-state index contributed by atoms with van der Waals surface area (Å²) in [6.07, 6.45) is -4.05. The number of aliphatic hydroxyl groups is 1. The topological polar surface area (TPSA) is 110 Å². The first-order valence-electron chi connectivity index (χ1n) is 7.94. The molecule has 2 aromatic rings. The fraction of sp³-hybridized carbons (Fsp3) is 0.211. The first-order chi connectivity index (χ1) is 12.5. The van der Waals surface area contributed by atoms with E-state index >= 15 is 0 Å². The van der Waals surface area contributed by atoms with Crippen LogP contribution in [0.3, 0.4) is 0 Å². The van der Waals surface area contributed by atoms with E-state index in [0.717, 1.165) is 22.3 Å². The van der Waals surface area contributed by atoms with Gasteiger partial charge in [-0.05, 0) is 22.3 Å². The summed E-state index contributed by atoms with van der Waals surface area (Å²) in [5.74, 6) is -2.94. The zero-order valence-corrected chi connectivity index (χ0v) is 13.6. The van der Waals surface area contributed by atoms with Gasteiger partial charge in [0.1, 0.15) is 6.61 Å². The number of hydrogen-bond acceptors (Lipinski definition) is 6. The summed E-state index contributed by atoms with van der Waals surface area (Å²) in [6, 6.07) is 15.5. The third-order valence-electron chi connectivity index (χ3n) is 4.15. The Labute approximate surface area is 148 Å². The van der Waals surface area contributed by atoms with E-state index in [4.69, 9.17) is 9.84 Å². The number of carboxylic acid groups (broad SMARTS) is 1. The zero-order valence-electron chi connectivity index (χ0n) is 13.6. The van der Waals surface area contributed by atoms with Crippen molar-refractivity contribution in [2.24, 2.45) is 0 Å². The first-order valence-corrected chi connectivity index (χ1v) is 7.94. The Kier molecular flexibility index (Phi) is 4.99. The van der Waals surface area contributed by atoms with Gasteiger partial charge in [-0.1, -0.05) is 48.5 Å².